The molecule has 2 N–H and O–H groups in total. The van der Waals surface area contributed by atoms with E-state index >= 15 is 0 Å². The quantitative estimate of drug-likeness (QED) is 0.838. The standard InChI is InChI=1S/C12H16F3NO/c1-17-8-12(15,3-2-4-16)9-5-10(13)7-11(14)6-9/h5-7H,2-4,8,16H2,1H3. The maximum Gasteiger partial charge on any atom is 0.159 e. The number of alkyl halides is 1. The van der Waals surface area contributed by atoms with Gasteiger partial charge in [-0.15, -0.1) is 0 Å². The molecule has 0 aliphatic rings. The Labute approximate surface area is 98.6 Å². The summed E-state index contributed by atoms with van der Waals surface area (Å²) < 4.78 is 45.4. The van der Waals surface area contributed by atoms with Crippen LogP contribution in [0.15, 0.2) is 18.2 Å². The highest BCUT2D eigenvalue weighted by Gasteiger charge is 2.32. The highest BCUT2D eigenvalue weighted by Crippen LogP contribution is 2.32. The second-order valence-electron chi connectivity index (χ2n) is 3.95. The molecule has 5 heteroatoms. The lowest BCUT2D eigenvalue weighted by molar-refractivity contribution is 0.0299. The molecular weight excluding hydrogens is 231 g/mol. The van der Waals surface area contributed by atoms with Crippen molar-refractivity contribution in [2.24, 2.45) is 5.73 Å². The Hall–Kier alpha value is -1.07. The number of benzene rings is 1. The van der Waals surface area contributed by atoms with Gasteiger partial charge in [-0.05, 0) is 37.1 Å². The number of hydrogen-bond donors (Lipinski definition) is 1. The maximum atomic E-state index is 14.6. The van der Waals surface area contributed by atoms with E-state index in [1.165, 1.54) is 7.11 Å². The highest BCUT2D eigenvalue weighted by molar-refractivity contribution is 5.24. The molecule has 0 spiro atoms. The van der Waals surface area contributed by atoms with Crippen molar-refractivity contribution in [3.63, 3.8) is 0 Å². The van der Waals surface area contributed by atoms with E-state index in [2.05, 4.69) is 0 Å². The van der Waals surface area contributed by atoms with Crippen LogP contribution in [-0.4, -0.2) is 20.3 Å². The van der Waals surface area contributed by atoms with E-state index in [0.717, 1.165) is 12.1 Å². The molecule has 0 saturated carbocycles. The fourth-order valence-electron chi connectivity index (χ4n) is 1.72. The summed E-state index contributed by atoms with van der Waals surface area (Å²) in [4.78, 5) is 0. The van der Waals surface area contributed by atoms with Crippen molar-refractivity contribution in [1.29, 1.82) is 0 Å². The van der Waals surface area contributed by atoms with Crippen molar-refractivity contribution >= 4 is 0 Å². The van der Waals surface area contributed by atoms with E-state index in [-0.39, 0.29) is 18.6 Å². The van der Waals surface area contributed by atoms with Gasteiger partial charge in [-0.3, -0.25) is 0 Å². The number of hydrogen-bond acceptors (Lipinski definition) is 2. The molecule has 1 aromatic carbocycles. The lowest BCUT2D eigenvalue weighted by Crippen LogP contribution is -2.27. The zero-order valence-electron chi connectivity index (χ0n) is 9.68. The number of methoxy groups -OCH3 is 1. The largest absolute Gasteiger partial charge is 0.381 e. The lowest BCUT2D eigenvalue weighted by Gasteiger charge is -2.25. The molecule has 0 aromatic heterocycles. The predicted octanol–water partition coefficient (Wildman–Crippen LogP) is 2.51. The second-order valence-corrected chi connectivity index (χ2v) is 3.95. The predicted molar refractivity (Wildman–Crippen MR) is 59.3 cm³/mol. The van der Waals surface area contributed by atoms with Gasteiger partial charge in [0.25, 0.3) is 0 Å². The van der Waals surface area contributed by atoms with Crippen LogP contribution in [0, 0.1) is 11.6 Å². The SMILES string of the molecule is COCC(F)(CCCN)c1cc(F)cc(F)c1. The molecule has 0 bridgehead atoms. The summed E-state index contributed by atoms with van der Waals surface area (Å²) in [5.74, 6) is -1.60. The summed E-state index contributed by atoms with van der Waals surface area (Å²) in [5.41, 5.74) is 3.36. The zero-order valence-corrected chi connectivity index (χ0v) is 9.68. The number of rotatable bonds is 6. The van der Waals surface area contributed by atoms with E-state index in [4.69, 9.17) is 10.5 Å². The molecule has 1 unspecified atom stereocenters. The van der Waals surface area contributed by atoms with Gasteiger partial charge in [0.1, 0.15) is 11.6 Å². The Bertz CT molecular complexity index is 353. The van der Waals surface area contributed by atoms with Gasteiger partial charge in [-0.1, -0.05) is 0 Å². The molecule has 0 fully saturated rings. The lowest BCUT2D eigenvalue weighted by atomic mass is 9.91. The molecule has 0 amide bonds. The molecule has 0 aliphatic carbocycles. The fraction of sp³-hybridized carbons (Fsp3) is 0.500. The monoisotopic (exact) mass is 247 g/mol. The van der Waals surface area contributed by atoms with Crippen LogP contribution in [0.2, 0.25) is 0 Å². The topological polar surface area (TPSA) is 35.2 Å². The molecule has 0 radical (unpaired) electrons. The van der Waals surface area contributed by atoms with E-state index in [1.54, 1.807) is 0 Å². The third-order valence-corrected chi connectivity index (χ3v) is 2.53. The Kier molecular flexibility index (Phi) is 4.96. The molecule has 0 heterocycles. The number of nitrogens with two attached hydrogens (primary N) is 1. The van der Waals surface area contributed by atoms with Gasteiger partial charge >= 0.3 is 0 Å². The minimum absolute atomic E-state index is 0.0506. The summed E-state index contributed by atoms with van der Waals surface area (Å²) in [5, 5.41) is 0. The summed E-state index contributed by atoms with van der Waals surface area (Å²) in [7, 11) is 1.34. The minimum atomic E-state index is -1.91. The van der Waals surface area contributed by atoms with Crippen LogP contribution in [-0.2, 0) is 10.4 Å². The fourth-order valence-corrected chi connectivity index (χ4v) is 1.72. The number of ether oxygens (including phenoxy) is 1. The first-order valence-electron chi connectivity index (χ1n) is 5.36. The molecule has 1 atom stereocenters. The third-order valence-electron chi connectivity index (χ3n) is 2.53. The van der Waals surface area contributed by atoms with Gasteiger partial charge < -0.3 is 10.5 Å². The van der Waals surface area contributed by atoms with Crippen molar-refractivity contribution in [2.45, 2.75) is 18.5 Å². The molecule has 17 heavy (non-hydrogen) atoms. The van der Waals surface area contributed by atoms with Crippen LogP contribution >= 0.6 is 0 Å². The third kappa shape index (κ3) is 3.71. The van der Waals surface area contributed by atoms with Gasteiger partial charge in [0.05, 0.1) is 6.61 Å². The minimum Gasteiger partial charge on any atom is -0.381 e. The Morgan fingerprint density at radius 3 is 2.29 bits per heavy atom. The maximum absolute atomic E-state index is 14.6. The average molecular weight is 247 g/mol. The van der Waals surface area contributed by atoms with Gasteiger partial charge in [0.2, 0.25) is 0 Å². The summed E-state index contributed by atoms with van der Waals surface area (Å²) in [6, 6.07) is 2.68. The van der Waals surface area contributed by atoms with Crippen LogP contribution in [0.5, 0.6) is 0 Å². The van der Waals surface area contributed by atoms with Gasteiger partial charge in [-0.25, -0.2) is 13.2 Å². The Morgan fingerprint density at radius 2 is 1.82 bits per heavy atom. The first-order valence-corrected chi connectivity index (χ1v) is 5.36. The number of halogens is 3. The normalized spacial score (nSPS) is 14.6. The molecular formula is C12H16F3NO. The van der Waals surface area contributed by atoms with Gasteiger partial charge in [-0.2, -0.15) is 0 Å². The van der Waals surface area contributed by atoms with E-state index in [0.29, 0.717) is 19.0 Å². The average Bonchev–Trinajstić information content (AvgIpc) is 2.25. The summed E-state index contributed by atoms with van der Waals surface area (Å²) in [6.07, 6.45) is 0.484. The first-order chi connectivity index (χ1) is 8.01. The van der Waals surface area contributed by atoms with E-state index in [1.807, 2.05) is 0 Å². The van der Waals surface area contributed by atoms with Crippen molar-refractivity contribution in [3.8, 4) is 0 Å². The van der Waals surface area contributed by atoms with Gasteiger partial charge in [0.15, 0.2) is 5.67 Å². The molecule has 1 aromatic rings. The van der Waals surface area contributed by atoms with Crippen LogP contribution in [0.3, 0.4) is 0 Å². The molecule has 0 saturated heterocycles. The summed E-state index contributed by atoms with van der Waals surface area (Å²) >= 11 is 0. The van der Waals surface area contributed by atoms with Crippen molar-refractivity contribution in [3.05, 3.63) is 35.4 Å². The van der Waals surface area contributed by atoms with Gasteiger partial charge in [0, 0.05) is 13.2 Å². The Balaban J connectivity index is 3.02. The highest BCUT2D eigenvalue weighted by atomic mass is 19.1. The van der Waals surface area contributed by atoms with Crippen LogP contribution < -0.4 is 5.73 Å². The molecule has 0 aliphatic heterocycles. The molecule has 2 nitrogen and oxygen atoms in total. The van der Waals surface area contributed by atoms with Crippen molar-refractivity contribution in [2.75, 3.05) is 20.3 Å². The Morgan fingerprint density at radius 1 is 1.24 bits per heavy atom. The molecule has 1 rings (SSSR count). The smallest absolute Gasteiger partial charge is 0.159 e. The van der Waals surface area contributed by atoms with Crippen molar-refractivity contribution in [1.82, 2.24) is 0 Å². The van der Waals surface area contributed by atoms with E-state index in [9.17, 15) is 13.2 Å². The second kappa shape index (κ2) is 6.02. The van der Waals surface area contributed by atoms with Crippen LogP contribution in [0.1, 0.15) is 18.4 Å². The molecule has 96 valence electrons. The first kappa shape index (κ1) is 14.0. The van der Waals surface area contributed by atoms with Crippen LogP contribution in [0.25, 0.3) is 0 Å². The summed E-state index contributed by atoms with van der Waals surface area (Å²) in [6.45, 7) is 0.0586. The van der Waals surface area contributed by atoms with E-state index < -0.39 is 17.3 Å². The van der Waals surface area contributed by atoms with Crippen molar-refractivity contribution < 1.29 is 17.9 Å². The zero-order chi connectivity index (χ0) is 12.9. The van der Waals surface area contributed by atoms with Crippen LogP contribution in [0.4, 0.5) is 13.2 Å².